The van der Waals surface area contributed by atoms with E-state index in [0.29, 0.717) is 11.4 Å². The first-order valence-corrected chi connectivity index (χ1v) is 6.71. The molecule has 6 heteroatoms. The zero-order valence-corrected chi connectivity index (χ0v) is 11.1. The molecule has 0 spiro atoms. The Labute approximate surface area is 116 Å². The molecular formula is C14H16N4O2. The maximum atomic E-state index is 12.4. The summed E-state index contributed by atoms with van der Waals surface area (Å²) in [4.78, 5) is 18.3. The van der Waals surface area contributed by atoms with Crippen LogP contribution in [0.25, 0.3) is 11.4 Å². The molecule has 1 saturated heterocycles. The Bertz CT molecular complexity index is 557. The predicted octanol–water partition coefficient (Wildman–Crippen LogP) is 1.17. The molecule has 0 saturated carbocycles. The molecule has 20 heavy (non-hydrogen) atoms. The van der Waals surface area contributed by atoms with Crippen LogP contribution < -0.4 is 5.32 Å². The monoisotopic (exact) mass is 272 g/mol. The zero-order valence-electron chi connectivity index (χ0n) is 11.1. The van der Waals surface area contributed by atoms with Crippen LogP contribution in [-0.4, -0.2) is 47.1 Å². The van der Waals surface area contributed by atoms with Crippen molar-refractivity contribution in [3.63, 3.8) is 0 Å². The van der Waals surface area contributed by atoms with Crippen LogP contribution in [0.5, 0.6) is 0 Å². The Morgan fingerprint density at radius 2 is 2.05 bits per heavy atom. The molecule has 1 N–H and O–H groups in total. The van der Waals surface area contributed by atoms with Crippen LogP contribution in [-0.2, 0) is 0 Å². The van der Waals surface area contributed by atoms with Crippen LogP contribution in [0.3, 0.4) is 0 Å². The predicted molar refractivity (Wildman–Crippen MR) is 73.1 cm³/mol. The van der Waals surface area contributed by atoms with Gasteiger partial charge in [0.15, 0.2) is 0 Å². The van der Waals surface area contributed by atoms with Crippen LogP contribution in [0.1, 0.15) is 16.8 Å². The van der Waals surface area contributed by atoms with E-state index >= 15 is 0 Å². The van der Waals surface area contributed by atoms with E-state index in [-0.39, 0.29) is 5.91 Å². The second kappa shape index (κ2) is 5.83. The standard InChI is InChI=1S/C14H16N4O2/c19-14(18-8-1-6-15-7-9-18)12-4-2-11(3-5-12)13-16-10-20-17-13/h2-5,10,15H,1,6-9H2. The largest absolute Gasteiger partial charge is 0.342 e. The van der Waals surface area contributed by atoms with E-state index < -0.39 is 0 Å². The molecule has 2 heterocycles. The Hall–Kier alpha value is -2.21. The maximum absolute atomic E-state index is 12.4. The van der Waals surface area contributed by atoms with Crippen molar-refractivity contribution in [1.29, 1.82) is 0 Å². The fourth-order valence-electron chi connectivity index (χ4n) is 2.29. The second-order valence-corrected chi connectivity index (χ2v) is 4.73. The van der Waals surface area contributed by atoms with Crippen molar-refractivity contribution in [3.8, 4) is 11.4 Å². The number of carbonyl (C=O) groups is 1. The molecule has 2 aromatic rings. The van der Waals surface area contributed by atoms with Gasteiger partial charge in [-0.05, 0) is 25.1 Å². The van der Waals surface area contributed by atoms with Crippen molar-refractivity contribution in [2.24, 2.45) is 0 Å². The number of benzene rings is 1. The number of nitrogens with one attached hydrogen (secondary N) is 1. The summed E-state index contributed by atoms with van der Waals surface area (Å²) in [7, 11) is 0. The first-order valence-electron chi connectivity index (χ1n) is 6.71. The highest BCUT2D eigenvalue weighted by Gasteiger charge is 2.17. The van der Waals surface area contributed by atoms with Gasteiger partial charge in [0.05, 0.1) is 0 Å². The third-order valence-electron chi connectivity index (χ3n) is 3.38. The van der Waals surface area contributed by atoms with Crippen molar-refractivity contribution in [2.75, 3.05) is 26.2 Å². The van der Waals surface area contributed by atoms with E-state index in [1.54, 1.807) is 0 Å². The number of aromatic nitrogens is 2. The van der Waals surface area contributed by atoms with Gasteiger partial charge in [-0.3, -0.25) is 4.79 Å². The lowest BCUT2D eigenvalue weighted by molar-refractivity contribution is 0.0766. The molecule has 6 nitrogen and oxygen atoms in total. The van der Waals surface area contributed by atoms with E-state index in [1.807, 2.05) is 29.2 Å². The lowest BCUT2D eigenvalue weighted by Gasteiger charge is -2.19. The van der Waals surface area contributed by atoms with Gasteiger partial charge in [0.2, 0.25) is 12.2 Å². The smallest absolute Gasteiger partial charge is 0.253 e. The van der Waals surface area contributed by atoms with Gasteiger partial charge < -0.3 is 14.7 Å². The minimum absolute atomic E-state index is 0.0772. The van der Waals surface area contributed by atoms with Crippen LogP contribution >= 0.6 is 0 Å². The van der Waals surface area contributed by atoms with Gasteiger partial charge in [-0.2, -0.15) is 4.98 Å². The highest BCUT2D eigenvalue weighted by molar-refractivity contribution is 5.94. The molecule has 1 aliphatic rings. The Morgan fingerprint density at radius 1 is 1.20 bits per heavy atom. The van der Waals surface area contributed by atoms with E-state index in [2.05, 4.69) is 15.5 Å². The summed E-state index contributed by atoms with van der Waals surface area (Å²) in [6, 6.07) is 7.31. The van der Waals surface area contributed by atoms with E-state index in [4.69, 9.17) is 4.52 Å². The van der Waals surface area contributed by atoms with E-state index in [9.17, 15) is 4.79 Å². The summed E-state index contributed by atoms with van der Waals surface area (Å²) in [5.41, 5.74) is 1.53. The topological polar surface area (TPSA) is 71.3 Å². The fraction of sp³-hybridized carbons (Fsp3) is 0.357. The van der Waals surface area contributed by atoms with E-state index in [1.165, 1.54) is 6.39 Å². The number of hydrogen-bond donors (Lipinski definition) is 1. The average Bonchev–Trinajstić information content (AvgIpc) is 2.89. The van der Waals surface area contributed by atoms with E-state index in [0.717, 1.165) is 38.2 Å². The number of carbonyl (C=O) groups excluding carboxylic acids is 1. The zero-order chi connectivity index (χ0) is 13.8. The first-order chi connectivity index (χ1) is 9.84. The third kappa shape index (κ3) is 2.70. The summed E-state index contributed by atoms with van der Waals surface area (Å²) in [5, 5.41) is 7.06. The normalized spacial score (nSPS) is 15.9. The van der Waals surface area contributed by atoms with Crippen molar-refractivity contribution in [2.45, 2.75) is 6.42 Å². The average molecular weight is 272 g/mol. The van der Waals surface area contributed by atoms with Gasteiger partial charge in [-0.25, -0.2) is 0 Å². The number of amides is 1. The molecule has 0 bridgehead atoms. The summed E-state index contributed by atoms with van der Waals surface area (Å²) in [6.07, 6.45) is 2.28. The van der Waals surface area contributed by atoms with Crippen LogP contribution in [0.4, 0.5) is 0 Å². The van der Waals surface area contributed by atoms with Gasteiger partial charge in [-0.1, -0.05) is 17.3 Å². The molecule has 0 atom stereocenters. The maximum Gasteiger partial charge on any atom is 0.253 e. The SMILES string of the molecule is O=C(c1ccc(-c2ncon2)cc1)N1CCCNCC1. The van der Waals surface area contributed by atoms with Crippen molar-refractivity contribution in [3.05, 3.63) is 36.2 Å². The molecule has 1 aromatic heterocycles. The minimum atomic E-state index is 0.0772. The first kappa shape index (κ1) is 12.8. The summed E-state index contributed by atoms with van der Waals surface area (Å²) >= 11 is 0. The molecule has 104 valence electrons. The lowest BCUT2D eigenvalue weighted by atomic mass is 10.1. The molecule has 0 unspecified atom stereocenters. The minimum Gasteiger partial charge on any atom is -0.342 e. The van der Waals surface area contributed by atoms with Crippen LogP contribution in [0.2, 0.25) is 0 Å². The number of rotatable bonds is 2. The summed E-state index contributed by atoms with van der Waals surface area (Å²) < 4.78 is 4.71. The van der Waals surface area contributed by atoms with Crippen LogP contribution in [0, 0.1) is 0 Å². The van der Waals surface area contributed by atoms with Crippen molar-refractivity contribution >= 4 is 5.91 Å². The Balaban J connectivity index is 1.75. The summed E-state index contributed by atoms with van der Waals surface area (Å²) in [5.74, 6) is 0.608. The van der Waals surface area contributed by atoms with Gasteiger partial charge in [0, 0.05) is 30.8 Å². The van der Waals surface area contributed by atoms with Crippen LogP contribution in [0.15, 0.2) is 35.2 Å². The van der Waals surface area contributed by atoms with Crippen molar-refractivity contribution < 1.29 is 9.32 Å². The third-order valence-corrected chi connectivity index (χ3v) is 3.38. The quantitative estimate of drug-likeness (QED) is 0.888. The Morgan fingerprint density at radius 3 is 2.80 bits per heavy atom. The molecule has 0 aliphatic carbocycles. The molecular weight excluding hydrogens is 256 g/mol. The lowest BCUT2D eigenvalue weighted by Crippen LogP contribution is -2.34. The second-order valence-electron chi connectivity index (χ2n) is 4.73. The highest BCUT2D eigenvalue weighted by atomic mass is 16.5. The van der Waals surface area contributed by atoms with Crippen molar-refractivity contribution in [1.82, 2.24) is 20.4 Å². The van der Waals surface area contributed by atoms with Gasteiger partial charge in [0.1, 0.15) is 0 Å². The molecule has 1 aromatic carbocycles. The van der Waals surface area contributed by atoms with Gasteiger partial charge >= 0.3 is 0 Å². The molecule has 1 fully saturated rings. The molecule has 0 radical (unpaired) electrons. The summed E-state index contributed by atoms with van der Waals surface area (Å²) in [6.45, 7) is 3.39. The fourth-order valence-corrected chi connectivity index (χ4v) is 2.29. The molecule has 1 amide bonds. The number of nitrogens with zero attached hydrogens (tertiary/aromatic N) is 3. The molecule has 3 rings (SSSR count). The Kier molecular flexibility index (Phi) is 3.73. The van der Waals surface area contributed by atoms with Gasteiger partial charge in [0.25, 0.3) is 5.91 Å². The van der Waals surface area contributed by atoms with Gasteiger partial charge in [-0.15, -0.1) is 0 Å². The highest BCUT2D eigenvalue weighted by Crippen LogP contribution is 2.16. The number of hydrogen-bond acceptors (Lipinski definition) is 5. The molecule has 1 aliphatic heterocycles.